The van der Waals surface area contributed by atoms with E-state index in [0.717, 1.165) is 14.6 Å². The highest BCUT2D eigenvalue weighted by atomic mass is 79.9. The molecule has 1 aliphatic rings. The van der Waals surface area contributed by atoms with E-state index >= 15 is 0 Å². The summed E-state index contributed by atoms with van der Waals surface area (Å²) in [5.41, 5.74) is 6.06. The van der Waals surface area contributed by atoms with Crippen LogP contribution in [0.3, 0.4) is 0 Å². The molecule has 2 aromatic rings. The molecule has 6 heteroatoms. The van der Waals surface area contributed by atoms with Crippen LogP contribution in [0, 0.1) is 0 Å². The summed E-state index contributed by atoms with van der Waals surface area (Å²) in [6, 6.07) is 5.86. The lowest BCUT2D eigenvalue weighted by Gasteiger charge is -2.35. The highest BCUT2D eigenvalue weighted by Crippen LogP contribution is 2.36. The summed E-state index contributed by atoms with van der Waals surface area (Å²) < 4.78 is 1.97. The van der Waals surface area contributed by atoms with Crippen molar-refractivity contribution < 1.29 is 9.90 Å². The van der Waals surface area contributed by atoms with Gasteiger partial charge in [0.05, 0.1) is 11.3 Å². The van der Waals surface area contributed by atoms with Crippen molar-refractivity contribution >= 4 is 48.9 Å². The number of hydrogen-bond acceptors (Lipinski definition) is 4. The van der Waals surface area contributed by atoms with Gasteiger partial charge in [-0.2, -0.15) is 0 Å². The zero-order chi connectivity index (χ0) is 15.2. The molecule has 0 atom stereocenters. The summed E-state index contributed by atoms with van der Waals surface area (Å²) in [6.45, 7) is 2.96. The van der Waals surface area contributed by atoms with E-state index in [2.05, 4.69) is 15.9 Å². The number of hydrogen-bond donors (Lipinski definition) is 2. The Labute approximate surface area is 135 Å². The molecule has 1 aromatic carbocycles. The van der Waals surface area contributed by atoms with Crippen LogP contribution in [0.15, 0.2) is 22.7 Å². The number of thiophene rings is 1. The first kappa shape index (κ1) is 14.8. The molecule has 1 aliphatic heterocycles. The number of fused-ring (bicyclic) bond motifs is 1. The van der Waals surface area contributed by atoms with Crippen LogP contribution in [0.25, 0.3) is 10.1 Å². The van der Waals surface area contributed by atoms with Crippen LogP contribution in [-0.4, -0.2) is 34.6 Å². The van der Waals surface area contributed by atoms with Gasteiger partial charge in [-0.15, -0.1) is 11.3 Å². The molecule has 0 unspecified atom stereocenters. The highest BCUT2D eigenvalue weighted by molar-refractivity contribution is 9.10. The van der Waals surface area contributed by atoms with Gasteiger partial charge in [0.25, 0.3) is 5.91 Å². The second-order valence-corrected chi connectivity index (χ2v) is 7.74. The molecular formula is C15H17BrN2O2S. The van der Waals surface area contributed by atoms with E-state index in [9.17, 15) is 9.90 Å². The maximum Gasteiger partial charge on any atom is 0.266 e. The van der Waals surface area contributed by atoms with Gasteiger partial charge in [-0.3, -0.25) is 4.79 Å². The van der Waals surface area contributed by atoms with Gasteiger partial charge in [0, 0.05) is 27.6 Å². The Morgan fingerprint density at radius 1 is 1.43 bits per heavy atom. The molecule has 112 valence electrons. The van der Waals surface area contributed by atoms with Gasteiger partial charge in [0.2, 0.25) is 0 Å². The van der Waals surface area contributed by atoms with Gasteiger partial charge in [-0.1, -0.05) is 15.9 Å². The van der Waals surface area contributed by atoms with Crippen molar-refractivity contribution in [3.8, 4) is 0 Å². The quantitative estimate of drug-likeness (QED) is 0.811. The maximum atomic E-state index is 12.6. The number of piperidine rings is 1. The molecule has 2 heterocycles. The number of likely N-dealkylation sites (tertiary alicyclic amines) is 1. The van der Waals surface area contributed by atoms with Gasteiger partial charge < -0.3 is 15.7 Å². The van der Waals surface area contributed by atoms with Crippen LogP contribution in [0.2, 0.25) is 0 Å². The maximum absolute atomic E-state index is 12.6. The minimum Gasteiger partial charge on any atom is -0.397 e. The fourth-order valence-corrected chi connectivity index (χ4v) is 4.02. The number of nitrogens with two attached hydrogens (primary N) is 1. The molecule has 1 aromatic heterocycles. The third-order valence-corrected chi connectivity index (χ3v) is 5.68. The number of nitrogen functional groups attached to an aromatic ring is 1. The van der Waals surface area contributed by atoms with Crippen LogP contribution in [0.1, 0.15) is 29.4 Å². The molecule has 21 heavy (non-hydrogen) atoms. The molecule has 0 spiro atoms. The number of carbonyl (C=O) groups excluding carboxylic acids is 1. The van der Waals surface area contributed by atoms with E-state index in [1.807, 2.05) is 25.1 Å². The molecule has 3 N–H and O–H groups in total. The van der Waals surface area contributed by atoms with Crippen molar-refractivity contribution in [3.05, 3.63) is 27.5 Å². The zero-order valence-electron chi connectivity index (χ0n) is 11.7. The molecular weight excluding hydrogens is 352 g/mol. The number of aliphatic hydroxyl groups is 1. The minimum absolute atomic E-state index is 0.0275. The summed E-state index contributed by atoms with van der Waals surface area (Å²) in [5, 5.41) is 10.9. The summed E-state index contributed by atoms with van der Waals surface area (Å²) in [4.78, 5) is 15.0. The standard InChI is InChI=1S/C15H17BrN2O2S/c1-15(20)4-6-18(7-5-15)14(19)13-12(17)10-8-9(16)2-3-11(10)21-13/h2-3,8,20H,4-7,17H2,1H3. The van der Waals surface area contributed by atoms with Crippen molar-refractivity contribution in [1.29, 1.82) is 0 Å². The van der Waals surface area contributed by atoms with Gasteiger partial charge >= 0.3 is 0 Å². The van der Waals surface area contributed by atoms with E-state index in [1.165, 1.54) is 11.3 Å². The number of amides is 1. The molecule has 0 radical (unpaired) electrons. The molecule has 4 nitrogen and oxygen atoms in total. The number of carbonyl (C=O) groups is 1. The average molecular weight is 369 g/mol. The Kier molecular flexibility index (Phi) is 3.71. The fraction of sp³-hybridized carbons (Fsp3) is 0.400. The van der Waals surface area contributed by atoms with Crippen LogP contribution < -0.4 is 5.73 Å². The Morgan fingerprint density at radius 3 is 2.76 bits per heavy atom. The van der Waals surface area contributed by atoms with Crippen LogP contribution in [-0.2, 0) is 0 Å². The van der Waals surface area contributed by atoms with Crippen molar-refractivity contribution in [2.45, 2.75) is 25.4 Å². The van der Waals surface area contributed by atoms with E-state index in [4.69, 9.17) is 5.73 Å². The third-order valence-electron chi connectivity index (χ3n) is 4.01. The monoisotopic (exact) mass is 368 g/mol. The first-order valence-corrected chi connectivity index (χ1v) is 8.47. The van der Waals surface area contributed by atoms with Gasteiger partial charge in [0.1, 0.15) is 4.88 Å². The SMILES string of the molecule is CC1(O)CCN(C(=O)c2sc3ccc(Br)cc3c2N)CC1. The smallest absolute Gasteiger partial charge is 0.266 e. The number of anilines is 1. The zero-order valence-corrected chi connectivity index (χ0v) is 14.1. The van der Waals surface area contributed by atoms with Crippen molar-refractivity contribution in [2.75, 3.05) is 18.8 Å². The normalized spacial score (nSPS) is 18.1. The van der Waals surface area contributed by atoms with Gasteiger partial charge in [-0.25, -0.2) is 0 Å². The van der Waals surface area contributed by atoms with Crippen LogP contribution in [0.4, 0.5) is 5.69 Å². The largest absolute Gasteiger partial charge is 0.397 e. The molecule has 0 bridgehead atoms. The number of halogens is 1. The predicted octanol–water partition coefficient (Wildman–Crippen LogP) is 3.23. The highest BCUT2D eigenvalue weighted by Gasteiger charge is 2.31. The number of nitrogens with zero attached hydrogens (tertiary/aromatic N) is 1. The van der Waals surface area contributed by atoms with E-state index in [0.29, 0.717) is 36.5 Å². The van der Waals surface area contributed by atoms with Gasteiger partial charge in [-0.05, 0) is 38.0 Å². The second kappa shape index (κ2) is 5.26. The van der Waals surface area contributed by atoms with Crippen LogP contribution in [0.5, 0.6) is 0 Å². The Balaban J connectivity index is 1.90. The molecule has 1 fully saturated rings. The first-order chi connectivity index (χ1) is 9.87. The number of benzene rings is 1. The fourth-order valence-electron chi connectivity index (χ4n) is 2.58. The predicted molar refractivity (Wildman–Crippen MR) is 89.7 cm³/mol. The van der Waals surface area contributed by atoms with Crippen molar-refractivity contribution in [2.24, 2.45) is 0 Å². The van der Waals surface area contributed by atoms with E-state index in [-0.39, 0.29) is 5.91 Å². The topological polar surface area (TPSA) is 66.6 Å². The van der Waals surface area contributed by atoms with Crippen LogP contribution >= 0.6 is 27.3 Å². The molecule has 1 saturated heterocycles. The number of rotatable bonds is 1. The van der Waals surface area contributed by atoms with Crippen molar-refractivity contribution in [3.63, 3.8) is 0 Å². The van der Waals surface area contributed by atoms with E-state index in [1.54, 1.807) is 4.90 Å². The average Bonchev–Trinajstić information content (AvgIpc) is 2.75. The van der Waals surface area contributed by atoms with Gasteiger partial charge in [0.15, 0.2) is 0 Å². The summed E-state index contributed by atoms with van der Waals surface area (Å²) in [7, 11) is 0. The van der Waals surface area contributed by atoms with E-state index < -0.39 is 5.60 Å². The lowest BCUT2D eigenvalue weighted by atomic mass is 9.94. The summed E-state index contributed by atoms with van der Waals surface area (Å²) in [5.74, 6) is -0.0275. The minimum atomic E-state index is -0.659. The Hall–Kier alpha value is -1.11. The molecule has 0 saturated carbocycles. The summed E-state index contributed by atoms with van der Waals surface area (Å²) in [6.07, 6.45) is 1.21. The molecule has 1 amide bonds. The summed E-state index contributed by atoms with van der Waals surface area (Å²) >= 11 is 4.86. The lowest BCUT2D eigenvalue weighted by molar-refractivity contribution is -0.00184. The third kappa shape index (κ3) is 2.80. The second-order valence-electron chi connectivity index (χ2n) is 5.77. The Morgan fingerprint density at radius 2 is 2.10 bits per heavy atom. The molecule has 3 rings (SSSR count). The lowest BCUT2D eigenvalue weighted by Crippen LogP contribution is -2.45. The first-order valence-electron chi connectivity index (χ1n) is 6.86. The Bertz CT molecular complexity index is 701. The molecule has 0 aliphatic carbocycles. The van der Waals surface area contributed by atoms with Crippen molar-refractivity contribution in [1.82, 2.24) is 4.90 Å².